The number of piperidine rings is 2. The maximum absolute atomic E-state index is 12.1. The summed E-state index contributed by atoms with van der Waals surface area (Å²) in [6.45, 7) is 3.95. The van der Waals surface area contributed by atoms with E-state index < -0.39 is 10.7 Å². The normalized spacial score (nSPS) is 25.5. The van der Waals surface area contributed by atoms with Gasteiger partial charge in [0.2, 0.25) is 0 Å². The van der Waals surface area contributed by atoms with Crippen molar-refractivity contribution in [3.8, 4) is 0 Å². The second-order valence-corrected chi connectivity index (χ2v) is 8.30. The number of hydrogen-bond acceptors (Lipinski definition) is 8. The van der Waals surface area contributed by atoms with E-state index in [0.717, 1.165) is 62.6 Å². The molecular formula is C22H28FIN4O6. The minimum Gasteiger partial charge on any atom is -0.372 e. The molecule has 4 bridgehead atoms. The highest BCUT2D eigenvalue weighted by molar-refractivity contribution is 14.0. The molecule has 2 aromatic carbocycles. The minimum absolute atomic E-state index is 0. The fourth-order valence-electron chi connectivity index (χ4n) is 4.14. The molecular weight excluding hydrogens is 562 g/mol. The number of anilines is 1. The third kappa shape index (κ3) is 6.81. The van der Waals surface area contributed by atoms with Gasteiger partial charge < -0.3 is 19.7 Å². The molecule has 0 amide bonds. The van der Waals surface area contributed by atoms with Crippen LogP contribution in [0.5, 0.6) is 0 Å². The summed E-state index contributed by atoms with van der Waals surface area (Å²) in [5, 5.41) is 23.8. The lowest BCUT2D eigenvalue weighted by atomic mass is 9.98. The van der Waals surface area contributed by atoms with Gasteiger partial charge in [-0.25, -0.2) is 4.39 Å². The smallest absolute Gasteiger partial charge is 0.269 e. The highest BCUT2D eigenvalue weighted by Gasteiger charge is 2.38. The van der Waals surface area contributed by atoms with Gasteiger partial charge in [-0.2, -0.15) is 0 Å². The van der Waals surface area contributed by atoms with Crippen molar-refractivity contribution in [1.29, 1.82) is 0 Å². The molecule has 4 atom stereocenters. The third-order valence-corrected chi connectivity index (χ3v) is 5.88. The first-order chi connectivity index (χ1) is 15.9. The zero-order valence-electron chi connectivity index (χ0n) is 18.2. The zero-order chi connectivity index (χ0) is 23.4. The number of ether oxygens (including phenoxy) is 2. The molecule has 1 N–H and O–H groups in total. The third-order valence-electron chi connectivity index (χ3n) is 5.88. The predicted octanol–water partition coefficient (Wildman–Crippen LogP) is 3.92. The molecule has 0 unspecified atom stereocenters. The molecule has 12 heteroatoms. The van der Waals surface area contributed by atoms with Gasteiger partial charge in [-0.15, -0.1) is 24.0 Å². The van der Waals surface area contributed by atoms with Crippen LogP contribution in [0.25, 0.3) is 0 Å². The van der Waals surface area contributed by atoms with Gasteiger partial charge in [0.25, 0.3) is 11.4 Å². The molecule has 6 heterocycles. The first kappa shape index (κ1) is 26.2. The quantitative estimate of drug-likeness (QED) is 0.325. The van der Waals surface area contributed by atoms with E-state index in [9.17, 15) is 24.6 Å². The van der Waals surface area contributed by atoms with E-state index in [4.69, 9.17) is 9.47 Å². The van der Waals surface area contributed by atoms with Crippen LogP contribution < -0.4 is 10.2 Å². The van der Waals surface area contributed by atoms with E-state index in [2.05, 4.69) is 10.2 Å². The number of nitrogens with one attached hydrogen (secondary N) is 1. The molecule has 0 spiro atoms. The Morgan fingerprint density at radius 2 is 1.24 bits per heavy atom. The monoisotopic (exact) mass is 590 g/mol. The Hall–Kier alpha value is -2.42. The average Bonchev–Trinajstić information content (AvgIpc) is 2.80. The van der Waals surface area contributed by atoms with E-state index in [1.807, 2.05) is 12.1 Å². The fourth-order valence-corrected chi connectivity index (χ4v) is 4.14. The summed E-state index contributed by atoms with van der Waals surface area (Å²) < 4.78 is 23.0. The lowest BCUT2D eigenvalue weighted by Gasteiger charge is -2.48. The number of fused-ring (bicyclic) bond motifs is 4. The van der Waals surface area contributed by atoms with Crippen molar-refractivity contribution in [2.75, 3.05) is 31.1 Å². The number of non-ortho nitro benzene ring substituents is 2. The van der Waals surface area contributed by atoms with Crippen LogP contribution in [0.3, 0.4) is 0 Å². The van der Waals surface area contributed by atoms with Crippen molar-refractivity contribution < 1.29 is 25.1 Å². The van der Waals surface area contributed by atoms with Crippen LogP contribution in [0.1, 0.15) is 14.3 Å². The van der Waals surface area contributed by atoms with Gasteiger partial charge in [0, 0.05) is 70.4 Å². The maximum atomic E-state index is 12.1. The SMILES string of the molecule is C1NC[C@H]2C[C@@H]1O2.I.O=[N+]([O-])c1ccc(F)cc1.O=[N+]([O-])c1ccc(N2C[C@H]3C[C@@H](C2)O3)cc1.[HH]. The number of morpholine rings is 2. The van der Waals surface area contributed by atoms with E-state index >= 15 is 0 Å². The van der Waals surface area contributed by atoms with Crippen LogP contribution in [0.4, 0.5) is 21.5 Å². The van der Waals surface area contributed by atoms with Gasteiger partial charge in [0.15, 0.2) is 0 Å². The lowest BCUT2D eigenvalue weighted by molar-refractivity contribution is -0.385. The van der Waals surface area contributed by atoms with Crippen molar-refractivity contribution in [1.82, 2.24) is 5.32 Å². The van der Waals surface area contributed by atoms with E-state index in [-0.39, 0.29) is 41.7 Å². The summed E-state index contributed by atoms with van der Waals surface area (Å²) in [6.07, 6.45) is 4.30. The molecule has 186 valence electrons. The van der Waals surface area contributed by atoms with Gasteiger partial charge >= 0.3 is 0 Å². The number of benzene rings is 2. The molecule has 0 aromatic heterocycles. The predicted molar refractivity (Wildman–Crippen MR) is 135 cm³/mol. The Balaban J connectivity index is 0.000000196. The Morgan fingerprint density at radius 1 is 0.824 bits per heavy atom. The van der Waals surface area contributed by atoms with E-state index in [1.54, 1.807) is 12.1 Å². The molecule has 6 saturated heterocycles. The van der Waals surface area contributed by atoms with Crippen LogP contribution in [0.2, 0.25) is 0 Å². The van der Waals surface area contributed by atoms with Crippen LogP contribution >= 0.6 is 24.0 Å². The summed E-state index contributed by atoms with van der Waals surface area (Å²) in [7, 11) is 0. The highest BCUT2D eigenvalue weighted by atomic mass is 127. The van der Waals surface area contributed by atoms with Crippen molar-refractivity contribution in [3.63, 3.8) is 0 Å². The zero-order valence-corrected chi connectivity index (χ0v) is 20.6. The summed E-state index contributed by atoms with van der Waals surface area (Å²) in [6, 6.07) is 11.1. The van der Waals surface area contributed by atoms with Gasteiger partial charge in [-0.1, -0.05) is 0 Å². The Bertz CT molecular complexity index is 951. The lowest BCUT2D eigenvalue weighted by Crippen LogP contribution is -2.57. The van der Waals surface area contributed by atoms with Crippen LogP contribution in [0.15, 0.2) is 48.5 Å². The first-order valence-electron chi connectivity index (χ1n) is 10.8. The Labute approximate surface area is 214 Å². The largest absolute Gasteiger partial charge is 0.372 e. The number of nitro benzene ring substituents is 2. The molecule has 0 aliphatic carbocycles. The minimum atomic E-state index is -0.570. The molecule has 8 rings (SSSR count). The van der Waals surface area contributed by atoms with E-state index in [0.29, 0.717) is 24.4 Å². The van der Waals surface area contributed by atoms with Gasteiger partial charge in [-0.3, -0.25) is 20.2 Å². The number of nitro groups is 2. The van der Waals surface area contributed by atoms with E-state index in [1.165, 1.54) is 6.42 Å². The molecule has 0 radical (unpaired) electrons. The highest BCUT2D eigenvalue weighted by Crippen LogP contribution is 2.31. The molecule has 2 aromatic rings. The molecule has 6 aliphatic rings. The molecule has 34 heavy (non-hydrogen) atoms. The van der Waals surface area contributed by atoms with Crippen LogP contribution in [0, 0.1) is 26.0 Å². The molecule has 6 fully saturated rings. The Morgan fingerprint density at radius 3 is 1.59 bits per heavy atom. The van der Waals surface area contributed by atoms with Gasteiger partial charge in [0.1, 0.15) is 5.82 Å². The van der Waals surface area contributed by atoms with Gasteiger partial charge in [-0.05, 0) is 24.3 Å². The average molecular weight is 590 g/mol. The summed E-state index contributed by atoms with van der Waals surface area (Å²) >= 11 is 0. The first-order valence-corrected chi connectivity index (χ1v) is 10.8. The summed E-state index contributed by atoms with van der Waals surface area (Å²) in [4.78, 5) is 21.8. The standard InChI is InChI=1S/C11H12N2O3.C6H4FNO2.C5H9NO.HI.H2/c14-13(15)9-3-1-8(2-4-9)12-6-10-5-11(7-12)16-10;7-5-1-3-6(4-2-5)8(9)10;1-4-2-6-3-5(1)7-4;;/h1-4,10-11H,5-7H2;1-4H;4-6H,1-3H2;2*1H/t10-,11+;;4-,5+;;. The maximum Gasteiger partial charge on any atom is 0.269 e. The number of rotatable bonds is 3. The van der Waals surface area contributed by atoms with Gasteiger partial charge in [0.05, 0.1) is 34.3 Å². The van der Waals surface area contributed by atoms with Crippen molar-refractivity contribution in [2.45, 2.75) is 37.3 Å². The molecule has 0 saturated carbocycles. The van der Waals surface area contributed by atoms with Crippen molar-refractivity contribution >= 4 is 41.0 Å². The Kier molecular flexibility index (Phi) is 9.10. The molecule has 6 aliphatic heterocycles. The number of nitrogens with zero attached hydrogens (tertiary/aromatic N) is 3. The summed E-state index contributed by atoms with van der Waals surface area (Å²) in [5.41, 5.74) is 1.09. The van der Waals surface area contributed by atoms with Crippen molar-refractivity contribution in [2.24, 2.45) is 0 Å². The molecule has 10 nitrogen and oxygen atoms in total. The fraction of sp³-hybridized carbons (Fsp3) is 0.455. The number of hydrogen-bond donors (Lipinski definition) is 1. The number of halogens is 2. The van der Waals surface area contributed by atoms with Crippen molar-refractivity contribution in [3.05, 3.63) is 74.6 Å². The summed E-state index contributed by atoms with van der Waals surface area (Å²) in [5.74, 6) is -0.467. The topological polar surface area (TPSA) is 120 Å². The van der Waals surface area contributed by atoms with Crippen LogP contribution in [-0.2, 0) is 9.47 Å². The second-order valence-electron chi connectivity index (χ2n) is 8.30. The second kappa shape index (κ2) is 11.8. The van der Waals surface area contributed by atoms with Crippen LogP contribution in [-0.4, -0.2) is 60.4 Å².